The number of sulfonamides is 1. The van der Waals surface area contributed by atoms with Crippen LogP contribution in [0.3, 0.4) is 0 Å². The summed E-state index contributed by atoms with van der Waals surface area (Å²) in [5.41, 5.74) is 2.78. The molecule has 3 aromatic carbocycles. The maximum Gasteiger partial charge on any atom is 0.262 e. The Kier molecular flexibility index (Phi) is 3.73. The average molecular weight is 366 g/mol. The van der Waals surface area contributed by atoms with E-state index in [1.165, 1.54) is 6.07 Å². The Morgan fingerprint density at radius 2 is 1.69 bits per heavy atom. The van der Waals surface area contributed by atoms with Gasteiger partial charge in [-0.3, -0.25) is 9.52 Å². The lowest BCUT2D eigenvalue weighted by molar-refractivity contribution is 0.103. The molecule has 0 fully saturated rings. The van der Waals surface area contributed by atoms with Crippen LogP contribution in [0, 0.1) is 0 Å². The van der Waals surface area contributed by atoms with Gasteiger partial charge in [0.2, 0.25) is 0 Å². The van der Waals surface area contributed by atoms with Crippen molar-refractivity contribution in [2.24, 2.45) is 0 Å². The van der Waals surface area contributed by atoms with Gasteiger partial charge in [-0.25, -0.2) is 8.42 Å². The second kappa shape index (κ2) is 5.85. The minimum absolute atomic E-state index is 0.155. The number of carbonyl (C=O) groups is 1. The molecule has 132 valence electrons. The van der Waals surface area contributed by atoms with Gasteiger partial charge in [0.05, 0.1) is 4.90 Å². The largest absolute Gasteiger partial charge is 0.321 e. The van der Waals surface area contributed by atoms with Crippen LogP contribution in [0.2, 0.25) is 0 Å². The summed E-state index contributed by atoms with van der Waals surface area (Å²) in [6, 6.07) is 15.6. The number of hydrogen-bond acceptors (Lipinski definition) is 3. The molecular weight excluding hydrogens is 348 g/mol. The Labute approximate surface area is 152 Å². The lowest BCUT2D eigenvalue weighted by Gasteiger charge is -2.12. The van der Waals surface area contributed by atoms with Crippen molar-refractivity contribution < 1.29 is 13.2 Å². The molecule has 0 radical (unpaired) electrons. The minimum atomic E-state index is -3.79. The number of amides is 1. The van der Waals surface area contributed by atoms with E-state index in [-0.39, 0.29) is 10.8 Å². The molecule has 0 aliphatic carbocycles. The van der Waals surface area contributed by atoms with E-state index in [4.69, 9.17) is 0 Å². The zero-order valence-electron chi connectivity index (χ0n) is 14.4. The van der Waals surface area contributed by atoms with Crippen molar-refractivity contribution in [3.63, 3.8) is 0 Å². The summed E-state index contributed by atoms with van der Waals surface area (Å²) < 4.78 is 28.5. The van der Waals surface area contributed by atoms with Gasteiger partial charge in [-0.15, -0.1) is 0 Å². The lowest BCUT2D eigenvalue weighted by Crippen LogP contribution is -2.13. The molecule has 0 atom stereocenters. The lowest BCUT2D eigenvalue weighted by atomic mass is 10.0. The van der Waals surface area contributed by atoms with Gasteiger partial charge in [-0.2, -0.15) is 0 Å². The Morgan fingerprint density at radius 1 is 0.962 bits per heavy atom. The SMILES string of the molecule is CC(C)c1ccc(NS(=O)(=O)c2ccc3c4c(cccc24)C(=O)N3)cc1. The van der Waals surface area contributed by atoms with Crippen LogP contribution < -0.4 is 10.0 Å². The highest BCUT2D eigenvalue weighted by Gasteiger charge is 2.26. The fourth-order valence-corrected chi connectivity index (χ4v) is 4.51. The second-order valence-corrected chi connectivity index (χ2v) is 8.33. The highest BCUT2D eigenvalue weighted by atomic mass is 32.2. The fourth-order valence-electron chi connectivity index (χ4n) is 3.24. The summed E-state index contributed by atoms with van der Waals surface area (Å²) in [7, 11) is -3.79. The van der Waals surface area contributed by atoms with Crippen molar-refractivity contribution in [1.82, 2.24) is 0 Å². The third-order valence-corrected chi connectivity index (χ3v) is 6.05. The van der Waals surface area contributed by atoms with Crippen LogP contribution in [0.4, 0.5) is 11.4 Å². The van der Waals surface area contributed by atoms with Crippen molar-refractivity contribution in [1.29, 1.82) is 0 Å². The monoisotopic (exact) mass is 366 g/mol. The van der Waals surface area contributed by atoms with Crippen LogP contribution in [0.15, 0.2) is 59.5 Å². The highest BCUT2D eigenvalue weighted by molar-refractivity contribution is 7.93. The van der Waals surface area contributed by atoms with Crippen LogP contribution in [-0.2, 0) is 10.0 Å². The topological polar surface area (TPSA) is 75.3 Å². The molecule has 1 aliphatic heterocycles. The minimum Gasteiger partial charge on any atom is -0.321 e. The van der Waals surface area contributed by atoms with E-state index in [9.17, 15) is 13.2 Å². The Morgan fingerprint density at radius 3 is 2.38 bits per heavy atom. The molecule has 0 spiro atoms. The number of carbonyl (C=O) groups excluding carboxylic acids is 1. The summed E-state index contributed by atoms with van der Waals surface area (Å²) in [6.45, 7) is 4.17. The molecule has 6 heteroatoms. The molecule has 1 aliphatic rings. The normalized spacial score (nSPS) is 13.3. The van der Waals surface area contributed by atoms with Gasteiger partial charge < -0.3 is 5.32 Å². The van der Waals surface area contributed by atoms with Gasteiger partial charge >= 0.3 is 0 Å². The average Bonchev–Trinajstić information content (AvgIpc) is 2.93. The van der Waals surface area contributed by atoms with Gasteiger partial charge in [0.15, 0.2) is 0 Å². The summed E-state index contributed by atoms with van der Waals surface area (Å²) in [4.78, 5) is 12.2. The molecule has 3 aromatic rings. The molecule has 0 aromatic heterocycles. The molecule has 0 unspecified atom stereocenters. The zero-order chi connectivity index (χ0) is 18.5. The van der Waals surface area contributed by atoms with E-state index in [2.05, 4.69) is 23.9 Å². The van der Waals surface area contributed by atoms with E-state index in [0.717, 1.165) is 5.56 Å². The van der Waals surface area contributed by atoms with Crippen molar-refractivity contribution in [3.05, 3.63) is 65.7 Å². The first kappa shape index (κ1) is 16.6. The number of rotatable bonds is 4. The first-order valence-electron chi connectivity index (χ1n) is 8.37. The Bertz CT molecular complexity index is 1130. The van der Waals surface area contributed by atoms with E-state index in [0.29, 0.717) is 33.6 Å². The van der Waals surface area contributed by atoms with E-state index < -0.39 is 10.0 Å². The molecule has 26 heavy (non-hydrogen) atoms. The number of anilines is 2. The molecule has 2 N–H and O–H groups in total. The van der Waals surface area contributed by atoms with Gasteiger partial charge in [-0.05, 0) is 41.8 Å². The highest BCUT2D eigenvalue weighted by Crippen LogP contribution is 2.37. The van der Waals surface area contributed by atoms with Crippen LogP contribution in [0.5, 0.6) is 0 Å². The molecule has 4 rings (SSSR count). The molecule has 5 nitrogen and oxygen atoms in total. The summed E-state index contributed by atoms with van der Waals surface area (Å²) in [6.07, 6.45) is 0. The quantitative estimate of drug-likeness (QED) is 0.722. The van der Waals surface area contributed by atoms with E-state index in [1.807, 2.05) is 12.1 Å². The molecule has 1 heterocycles. The summed E-state index contributed by atoms with van der Waals surface area (Å²) in [5, 5.41) is 3.94. The van der Waals surface area contributed by atoms with Gasteiger partial charge in [0.25, 0.3) is 15.9 Å². The van der Waals surface area contributed by atoms with Crippen LogP contribution in [0.1, 0.15) is 35.7 Å². The van der Waals surface area contributed by atoms with E-state index in [1.54, 1.807) is 36.4 Å². The number of hydrogen-bond donors (Lipinski definition) is 2. The standard InChI is InChI=1S/C20H18N2O3S/c1-12(2)13-6-8-14(9-7-13)22-26(24,25)18-11-10-17-19-15(18)4-3-5-16(19)20(23)21-17/h3-12,22H,1-2H3,(H,21,23). The molecular formula is C20H18N2O3S. The van der Waals surface area contributed by atoms with Gasteiger partial charge in [0, 0.05) is 27.7 Å². The van der Waals surface area contributed by atoms with Crippen LogP contribution >= 0.6 is 0 Å². The zero-order valence-corrected chi connectivity index (χ0v) is 15.2. The van der Waals surface area contributed by atoms with E-state index >= 15 is 0 Å². The Balaban J connectivity index is 1.77. The fraction of sp³-hybridized carbons (Fsp3) is 0.150. The summed E-state index contributed by atoms with van der Waals surface area (Å²) >= 11 is 0. The smallest absolute Gasteiger partial charge is 0.262 e. The van der Waals surface area contributed by atoms with Crippen molar-refractivity contribution >= 4 is 38.1 Å². The summed E-state index contributed by atoms with van der Waals surface area (Å²) in [5.74, 6) is 0.166. The molecule has 0 saturated heterocycles. The first-order valence-corrected chi connectivity index (χ1v) is 9.85. The van der Waals surface area contributed by atoms with Gasteiger partial charge in [0.1, 0.15) is 0 Å². The van der Waals surface area contributed by atoms with Crippen molar-refractivity contribution in [2.75, 3.05) is 10.0 Å². The second-order valence-electron chi connectivity index (χ2n) is 6.68. The molecule has 0 bridgehead atoms. The van der Waals surface area contributed by atoms with Crippen LogP contribution in [-0.4, -0.2) is 14.3 Å². The number of benzene rings is 3. The first-order chi connectivity index (χ1) is 12.4. The van der Waals surface area contributed by atoms with Gasteiger partial charge in [-0.1, -0.05) is 38.1 Å². The Hall–Kier alpha value is -2.86. The maximum atomic E-state index is 12.9. The number of nitrogens with one attached hydrogen (secondary N) is 2. The third kappa shape index (κ3) is 2.63. The predicted octanol–water partition coefficient (Wildman–Crippen LogP) is 4.33. The molecule has 1 amide bonds. The van der Waals surface area contributed by atoms with Crippen molar-refractivity contribution in [2.45, 2.75) is 24.7 Å². The van der Waals surface area contributed by atoms with Crippen molar-refractivity contribution in [3.8, 4) is 0 Å². The van der Waals surface area contributed by atoms with Crippen LogP contribution in [0.25, 0.3) is 10.8 Å². The maximum absolute atomic E-state index is 12.9. The molecule has 0 saturated carbocycles. The predicted molar refractivity (Wildman–Crippen MR) is 103 cm³/mol. The third-order valence-electron chi connectivity index (χ3n) is 4.61.